The Morgan fingerprint density at radius 2 is 0.983 bits per heavy atom. The van der Waals surface area contributed by atoms with Crippen LogP contribution < -0.4 is 37.7 Å². The SMILES string of the molecule is Cc1cc(=O)n(CCNC2NC(O)NC(NCCn3c(O)c(N=NC4CC(COO)CC(COO)C4)c(C)cc3=O)N2)c(O)c1N=NC1CC(COO)CC(COO)C1. The first-order valence-electron chi connectivity index (χ1n) is 19.6. The maximum absolute atomic E-state index is 12.9. The van der Waals surface area contributed by atoms with Crippen LogP contribution in [0.15, 0.2) is 42.2 Å². The zero-order valence-corrected chi connectivity index (χ0v) is 33.0. The van der Waals surface area contributed by atoms with Gasteiger partial charge >= 0.3 is 0 Å². The molecule has 3 heterocycles. The third-order valence-corrected chi connectivity index (χ3v) is 10.9. The number of aryl methyl sites for hydroxylation is 2. The highest BCUT2D eigenvalue weighted by Crippen LogP contribution is 2.36. The first-order valence-corrected chi connectivity index (χ1v) is 19.6. The van der Waals surface area contributed by atoms with Gasteiger partial charge in [0.2, 0.25) is 11.8 Å². The van der Waals surface area contributed by atoms with Crippen LogP contribution in [0.25, 0.3) is 0 Å². The van der Waals surface area contributed by atoms with Crippen LogP contribution in [0.1, 0.15) is 49.7 Å². The van der Waals surface area contributed by atoms with Gasteiger partial charge < -0.3 is 15.3 Å². The second-order valence-electron chi connectivity index (χ2n) is 15.5. The van der Waals surface area contributed by atoms with E-state index < -0.39 is 30.0 Å². The van der Waals surface area contributed by atoms with Crippen LogP contribution >= 0.6 is 0 Å². The zero-order chi connectivity index (χ0) is 42.5. The summed E-state index contributed by atoms with van der Waals surface area (Å²) in [6.07, 6.45) is 1.03. The summed E-state index contributed by atoms with van der Waals surface area (Å²) in [5.74, 6) is -0.902. The maximum Gasteiger partial charge on any atom is 0.253 e. The number of nitrogens with one attached hydrogen (secondary N) is 5. The number of pyridine rings is 2. The Morgan fingerprint density at radius 1 is 0.627 bits per heavy atom. The number of aromatic nitrogens is 2. The molecule has 0 radical (unpaired) electrons. The molecule has 24 heteroatoms. The molecule has 6 atom stereocenters. The Kier molecular flexibility index (Phi) is 17.7. The molecule has 3 aliphatic rings. The highest BCUT2D eigenvalue weighted by Gasteiger charge is 2.32. The normalized spacial score (nSPS) is 27.9. The molecule has 2 aromatic heterocycles. The topological polar surface area (TPSA) is 332 Å². The molecule has 1 aliphatic heterocycles. The van der Waals surface area contributed by atoms with Crippen molar-refractivity contribution in [3.8, 4) is 11.8 Å². The molecule has 24 nitrogen and oxygen atoms in total. The average molecular weight is 840 g/mol. The Hall–Kier alpha value is -3.86. The van der Waals surface area contributed by atoms with Crippen molar-refractivity contribution in [3.05, 3.63) is 44.0 Å². The third kappa shape index (κ3) is 13.1. The van der Waals surface area contributed by atoms with Gasteiger partial charge in [0.25, 0.3) is 11.1 Å². The number of rotatable bonds is 20. The van der Waals surface area contributed by atoms with Gasteiger partial charge in [-0.1, -0.05) is 0 Å². The lowest BCUT2D eigenvalue weighted by Crippen LogP contribution is -2.74. The summed E-state index contributed by atoms with van der Waals surface area (Å²) in [6, 6.07) is 2.09. The molecular formula is C35H57N11O13. The Balaban J connectivity index is 1.15. The number of aliphatic hydroxyl groups excluding tert-OH is 1. The van der Waals surface area contributed by atoms with E-state index in [4.69, 9.17) is 21.0 Å². The Bertz CT molecular complexity index is 1680. The van der Waals surface area contributed by atoms with Crippen LogP contribution in [0.2, 0.25) is 0 Å². The van der Waals surface area contributed by atoms with E-state index in [1.165, 1.54) is 12.1 Å². The molecule has 0 amide bonds. The van der Waals surface area contributed by atoms with E-state index >= 15 is 0 Å². The van der Waals surface area contributed by atoms with Crippen LogP contribution in [-0.4, -0.2) is 116 Å². The van der Waals surface area contributed by atoms with Crippen molar-refractivity contribution in [2.45, 2.75) is 96.5 Å². The van der Waals surface area contributed by atoms with E-state index in [0.717, 1.165) is 9.13 Å². The summed E-state index contributed by atoms with van der Waals surface area (Å²) < 4.78 is 2.29. The summed E-state index contributed by atoms with van der Waals surface area (Å²) in [4.78, 5) is 43.1. The predicted molar refractivity (Wildman–Crippen MR) is 206 cm³/mol. The highest BCUT2D eigenvalue weighted by atomic mass is 17.1. The molecule has 3 fully saturated rings. The van der Waals surface area contributed by atoms with Crippen molar-refractivity contribution in [2.24, 2.45) is 44.1 Å². The van der Waals surface area contributed by atoms with E-state index in [1.807, 2.05) is 0 Å². The maximum atomic E-state index is 12.9. The van der Waals surface area contributed by atoms with E-state index in [9.17, 15) is 24.9 Å². The van der Waals surface area contributed by atoms with Gasteiger partial charge in [-0.3, -0.25) is 66.3 Å². The molecule has 6 unspecified atom stereocenters. The van der Waals surface area contributed by atoms with Gasteiger partial charge in [-0.2, -0.15) is 10.2 Å². The molecule has 59 heavy (non-hydrogen) atoms. The molecule has 2 aromatic rings. The second kappa shape index (κ2) is 22.7. The predicted octanol–water partition coefficient (Wildman–Crippen LogP) is 1.24. The van der Waals surface area contributed by atoms with Crippen molar-refractivity contribution >= 4 is 11.4 Å². The van der Waals surface area contributed by atoms with Crippen LogP contribution in [-0.2, 0) is 32.6 Å². The molecule has 330 valence electrons. The molecule has 12 N–H and O–H groups in total. The standard InChI is InChI=1S/C35H57N11O13/c1-19-7-27(47)45(31(49)29(19)43-41-25-11-21(15-56-52)9-22(12-25)16-57-53)5-3-36-33-38-34(40-35(51)39-33)37-4-6-46-28(48)8-20(2)30(32(46)50)44-42-26-13-23(17-58-54)10-24(14-26)18-59-55/h7-8,21-26,33-40,49-55H,3-6,9-18H2,1-2H3. The smallest absolute Gasteiger partial charge is 0.253 e. The van der Waals surface area contributed by atoms with Gasteiger partial charge in [0.1, 0.15) is 24.0 Å². The number of hydrogen-bond acceptors (Lipinski definition) is 22. The number of azo groups is 2. The van der Waals surface area contributed by atoms with Crippen molar-refractivity contribution in [1.82, 2.24) is 35.7 Å². The highest BCUT2D eigenvalue weighted by molar-refractivity contribution is 5.53. The monoisotopic (exact) mass is 839 g/mol. The lowest BCUT2D eigenvalue weighted by Gasteiger charge is -2.37. The summed E-state index contributed by atoms with van der Waals surface area (Å²) in [7, 11) is 0. The van der Waals surface area contributed by atoms with Gasteiger partial charge in [0.05, 0.1) is 38.5 Å². The van der Waals surface area contributed by atoms with Crippen LogP contribution in [0.3, 0.4) is 0 Å². The van der Waals surface area contributed by atoms with Gasteiger partial charge in [-0.05, 0) is 87.2 Å². The van der Waals surface area contributed by atoms with Crippen molar-refractivity contribution < 1.29 is 55.9 Å². The lowest BCUT2D eigenvalue weighted by molar-refractivity contribution is -0.263. The molecule has 2 aliphatic carbocycles. The fourth-order valence-electron chi connectivity index (χ4n) is 8.16. The largest absolute Gasteiger partial charge is 0.493 e. The summed E-state index contributed by atoms with van der Waals surface area (Å²) >= 11 is 0. The Morgan fingerprint density at radius 3 is 1.32 bits per heavy atom. The minimum Gasteiger partial charge on any atom is -0.493 e. The summed E-state index contributed by atoms with van der Waals surface area (Å²) in [6.45, 7) is 4.01. The fraction of sp³-hybridized carbons (Fsp3) is 0.714. The lowest BCUT2D eigenvalue weighted by atomic mass is 9.79. The number of aliphatic hydroxyl groups is 1. The molecule has 0 spiro atoms. The van der Waals surface area contributed by atoms with E-state index in [1.54, 1.807) is 13.8 Å². The van der Waals surface area contributed by atoms with Gasteiger partial charge in [-0.25, -0.2) is 19.6 Å². The molecular weight excluding hydrogens is 782 g/mol. The third-order valence-electron chi connectivity index (χ3n) is 10.9. The zero-order valence-electron chi connectivity index (χ0n) is 33.0. The average Bonchev–Trinajstić information content (AvgIpc) is 3.17. The summed E-state index contributed by atoms with van der Waals surface area (Å²) in [5, 5.41) is 101. The first kappa shape index (κ1) is 46.2. The second-order valence-corrected chi connectivity index (χ2v) is 15.5. The molecule has 1 saturated heterocycles. The fourth-order valence-corrected chi connectivity index (χ4v) is 8.16. The number of nitrogens with zero attached hydrogens (tertiary/aromatic N) is 6. The van der Waals surface area contributed by atoms with E-state index in [0.29, 0.717) is 49.7 Å². The Labute approximate surface area is 338 Å². The van der Waals surface area contributed by atoms with Crippen LogP contribution in [0.5, 0.6) is 11.8 Å². The van der Waals surface area contributed by atoms with Crippen LogP contribution in [0, 0.1) is 37.5 Å². The van der Waals surface area contributed by atoms with Gasteiger partial charge in [-0.15, -0.1) is 10.2 Å². The van der Waals surface area contributed by atoms with Crippen molar-refractivity contribution in [1.29, 1.82) is 0 Å². The first-order chi connectivity index (χ1) is 28.4. The van der Waals surface area contributed by atoms with Gasteiger partial charge in [0, 0.05) is 38.3 Å². The van der Waals surface area contributed by atoms with Gasteiger partial charge in [0.15, 0.2) is 6.35 Å². The van der Waals surface area contributed by atoms with Crippen molar-refractivity contribution in [2.75, 3.05) is 39.5 Å². The van der Waals surface area contributed by atoms with E-state index in [2.05, 4.69) is 66.6 Å². The van der Waals surface area contributed by atoms with E-state index in [-0.39, 0.29) is 111 Å². The molecule has 0 bridgehead atoms. The number of hydrogen-bond donors (Lipinski definition) is 12. The van der Waals surface area contributed by atoms with Crippen molar-refractivity contribution in [3.63, 3.8) is 0 Å². The number of aromatic hydroxyl groups is 2. The molecule has 2 saturated carbocycles. The summed E-state index contributed by atoms with van der Waals surface area (Å²) in [5.41, 5.74) is 0.190. The quantitative estimate of drug-likeness (QED) is 0.0507. The molecule has 0 aromatic carbocycles. The molecule has 5 rings (SSSR count). The minimum atomic E-state index is -1.17. The van der Waals surface area contributed by atoms with Crippen LogP contribution in [0.4, 0.5) is 11.4 Å². The minimum absolute atomic E-state index is 0.0234.